The van der Waals surface area contributed by atoms with Crippen LogP contribution in [0.25, 0.3) is 0 Å². The van der Waals surface area contributed by atoms with Crippen LogP contribution in [0.4, 0.5) is 0 Å². The second kappa shape index (κ2) is 5.53. The molecule has 140 valence electrons. The molecule has 1 aromatic rings. The summed E-state index contributed by atoms with van der Waals surface area (Å²) >= 11 is 0. The van der Waals surface area contributed by atoms with Crippen molar-refractivity contribution >= 4 is 12.4 Å². The topological polar surface area (TPSA) is 66.5 Å². The molecule has 0 heterocycles. The van der Waals surface area contributed by atoms with E-state index in [4.69, 9.17) is 5.73 Å². The molecule has 4 N–H and O–H groups in total. The van der Waals surface area contributed by atoms with Crippen LogP contribution in [0.2, 0.25) is 0 Å². The first-order valence-electron chi connectivity index (χ1n) is 9.41. The standard InChI is InChI=1S/C21H31NO2.ClH/c1-19(2)15-5-7-21(4)16(20(15,3)8-6-17(19)22)10-12-9-13(23)11-14(24)18(12)21;/h9,11,15-17,23-24H,5-8,10,22H2,1-4H3;1H/t15-,16+,17-,20-,21+;/m1./s1. The molecule has 0 saturated heterocycles. The highest BCUT2D eigenvalue weighted by atomic mass is 35.5. The van der Waals surface area contributed by atoms with Crippen molar-refractivity contribution in [2.75, 3.05) is 0 Å². The summed E-state index contributed by atoms with van der Waals surface area (Å²) in [6.45, 7) is 9.51. The summed E-state index contributed by atoms with van der Waals surface area (Å²) in [5.74, 6) is 1.60. The Kier molecular flexibility index (Phi) is 4.17. The number of phenolic OH excluding ortho intramolecular Hbond substituents is 2. The monoisotopic (exact) mass is 365 g/mol. The number of phenols is 2. The van der Waals surface area contributed by atoms with Gasteiger partial charge in [-0.3, -0.25) is 0 Å². The van der Waals surface area contributed by atoms with Crippen molar-refractivity contribution in [3.63, 3.8) is 0 Å². The molecule has 4 heteroatoms. The molecule has 5 atom stereocenters. The Morgan fingerprint density at radius 2 is 1.68 bits per heavy atom. The normalized spacial score (nSPS) is 41.2. The van der Waals surface area contributed by atoms with Crippen LogP contribution in [0, 0.1) is 22.7 Å². The first-order valence-corrected chi connectivity index (χ1v) is 9.41. The summed E-state index contributed by atoms with van der Waals surface area (Å²) in [7, 11) is 0. The van der Waals surface area contributed by atoms with Crippen molar-refractivity contribution in [1.82, 2.24) is 0 Å². The number of halogens is 1. The third-order valence-electron chi connectivity index (χ3n) is 8.34. The van der Waals surface area contributed by atoms with Gasteiger partial charge in [-0.05, 0) is 66.4 Å². The van der Waals surface area contributed by atoms with Gasteiger partial charge < -0.3 is 15.9 Å². The van der Waals surface area contributed by atoms with E-state index in [0.29, 0.717) is 11.8 Å². The number of rotatable bonds is 0. The average Bonchev–Trinajstić information content (AvgIpc) is 2.77. The number of aromatic hydroxyl groups is 2. The molecule has 0 unspecified atom stereocenters. The minimum Gasteiger partial charge on any atom is -0.508 e. The number of hydrogen-bond donors (Lipinski definition) is 3. The van der Waals surface area contributed by atoms with Crippen LogP contribution in [0.1, 0.15) is 64.5 Å². The molecule has 0 radical (unpaired) electrons. The zero-order valence-corrected chi connectivity index (χ0v) is 16.6. The first-order chi connectivity index (χ1) is 11.1. The molecule has 3 aliphatic rings. The average molecular weight is 366 g/mol. The molecule has 3 aliphatic carbocycles. The smallest absolute Gasteiger partial charge is 0.123 e. The van der Waals surface area contributed by atoms with E-state index in [-0.39, 0.29) is 46.2 Å². The van der Waals surface area contributed by atoms with Crippen LogP contribution in [-0.4, -0.2) is 16.3 Å². The van der Waals surface area contributed by atoms with Crippen molar-refractivity contribution in [1.29, 1.82) is 0 Å². The molecule has 2 saturated carbocycles. The summed E-state index contributed by atoms with van der Waals surface area (Å²) in [5.41, 5.74) is 9.16. The minimum absolute atomic E-state index is 0. The van der Waals surface area contributed by atoms with Crippen molar-refractivity contribution in [2.45, 2.75) is 71.3 Å². The first kappa shape index (κ1) is 18.8. The molecule has 0 amide bonds. The Morgan fingerprint density at radius 1 is 1.00 bits per heavy atom. The summed E-state index contributed by atoms with van der Waals surface area (Å²) in [4.78, 5) is 0. The molecular formula is C21H32ClNO2. The molecule has 0 spiro atoms. The number of nitrogens with two attached hydrogens (primary N) is 1. The maximum absolute atomic E-state index is 10.6. The Balaban J connectivity index is 0.00000182. The van der Waals surface area contributed by atoms with E-state index < -0.39 is 0 Å². The highest BCUT2D eigenvalue weighted by molar-refractivity contribution is 5.85. The predicted molar refractivity (Wildman–Crippen MR) is 103 cm³/mol. The second-order valence-electron chi connectivity index (χ2n) is 9.74. The quantitative estimate of drug-likeness (QED) is 0.633. The van der Waals surface area contributed by atoms with Gasteiger partial charge in [-0.1, -0.05) is 27.7 Å². The van der Waals surface area contributed by atoms with E-state index in [1.165, 1.54) is 18.9 Å². The SMILES string of the molecule is CC1(C)[C@H](N)CC[C@]2(C)[C@@H]1CC[C@]1(C)c3c(O)cc(O)cc3C[C@@H]21.Cl. The molecule has 0 bridgehead atoms. The van der Waals surface area contributed by atoms with Gasteiger partial charge in [-0.15, -0.1) is 12.4 Å². The minimum atomic E-state index is 0. The lowest BCUT2D eigenvalue weighted by molar-refractivity contribution is -0.107. The van der Waals surface area contributed by atoms with Gasteiger partial charge >= 0.3 is 0 Å². The van der Waals surface area contributed by atoms with E-state index in [1.807, 2.05) is 6.07 Å². The van der Waals surface area contributed by atoms with Crippen molar-refractivity contribution in [2.24, 2.45) is 28.4 Å². The molecular weight excluding hydrogens is 334 g/mol. The molecule has 1 aromatic carbocycles. The van der Waals surface area contributed by atoms with Gasteiger partial charge in [0.1, 0.15) is 11.5 Å². The third-order valence-corrected chi connectivity index (χ3v) is 8.34. The summed E-state index contributed by atoms with van der Waals surface area (Å²) in [6.07, 6.45) is 5.49. The number of benzene rings is 1. The van der Waals surface area contributed by atoms with Crippen LogP contribution < -0.4 is 5.73 Å². The highest BCUT2D eigenvalue weighted by Gasteiger charge is 2.62. The van der Waals surface area contributed by atoms with E-state index in [1.54, 1.807) is 0 Å². The van der Waals surface area contributed by atoms with Crippen LogP contribution in [-0.2, 0) is 11.8 Å². The Morgan fingerprint density at radius 3 is 2.36 bits per heavy atom. The van der Waals surface area contributed by atoms with Gasteiger partial charge in [-0.25, -0.2) is 0 Å². The van der Waals surface area contributed by atoms with Crippen LogP contribution >= 0.6 is 12.4 Å². The van der Waals surface area contributed by atoms with Crippen molar-refractivity contribution < 1.29 is 10.2 Å². The highest BCUT2D eigenvalue weighted by Crippen LogP contribution is 2.68. The maximum atomic E-state index is 10.6. The lowest BCUT2D eigenvalue weighted by atomic mass is 9.43. The molecule has 0 aliphatic heterocycles. The summed E-state index contributed by atoms with van der Waals surface area (Å²) < 4.78 is 0. The summed E-state index contributed by atoms with van der Waals surface area (Å²) in [6, 6.07) is 3.67. The van der Waals surface area contributed by atoms with Gasteiger partial charge in [0.05, 0.1) is 0 Å². The largest absolute Gasteiger partial charge is 0.508 e. The zero-order chi connectivity index (χ0) is 17.5. The fourth-order valence-electron chi connectivity index (χ4n) is 7.05. The molecule has 4 rings (SSSR count). The van der Waals surface area contributed by atoms with Crippen molar-refractivity contribution in [3.05, 3.63) is 23.3 Å². The van der Waals surface area contributed by atoms with Crippen LogP contribution in [0.15, 0.2) is 12.1 Å². The van der Waals surface area contributed by atoms with Gasteiger partial charge in [-0.2, -0.15) is 0 Å². The molecule has 2 fully saturated rings. The second-order valence-corrected chi connectivity index (χ2v) is 9.74. The Labute approximate surface area is 157 Å². The third kappa shape index (κ3) is 2.28. The lowest BCUT2D eigenvalue weighted by Crippen LogP contribution is -2.60. The number of hydrogen-bond acceptors (Lipinski definition) is 3. The van der Waals surface area contributed by atoms with E-state index in [2.05, 4.69) is 27.7 Å². The van der Waals surface area contributed by atoms with Crippen molar-refractivity contribution in [3.8, 4) is 11.5 Å². The van der Waals surface area contributed by atoms with Gasteiger partial charge in [0.2, 0.25) is 0 Å². The van der Waals surface area contributed by atoms with E-state index in [0.717, 1.165) is 30.4 Å². The van der Waals surface area contributed by atoms with Crippen LogP contribution in [0.5, 0.6) is 11.5 Å². The fraction of sp³-hybridized carbons (Fsp3) is 0.714. The maximum Gasteiger partial charge on any atom is 0.123 e. The Bertz CT molecular complexity index is 703. The molecule has 3 nitrogen and oxygen atoms in total. The van der Waals surface area contributed by atoms with E-state index >= 15 is 0 Å². The predicted octanol–water partition coefficient (Wildman–Crippen LogP) is 4.51. The Hall–Kier alpha value is -0.930. The zero-order valence-electron chi connectivity index (χ0n) is 15.8. The van der Waals surface area contributed by atoms with Gasteiger partial charge in [0.25, 0.3) is 0 Å². The molecule has 25 heavy (non-hydrogen) atoms. The number of fused-ring (bicyclic) bond motifs is 5. The van der Waals surface area contributed by atoms with Gasteiger partial charge in [0, 0.05) is 23.1 Å². The fourth-order valence-corrected chi connectivity index (χ4v) is 7.05. The molecule has 0 aromatic heterocycles. The lowest BCUT2D eigenvalue weighted by Gasteiger charge is -2.62. The van der Waals surface area contributed by atoms with E-state index in [9.17, 15) is 10.2 Å². The summed E-state index contributed by atoms with van der Waals surface area (Å²) in [5, 5.41) is 20.5. The van der Waals surface area contributed by atoms with Crippen LogP contribution in [0.3, 0.4) is 0 Å². The van der Waals surface area contributed by atoms with Gasteiger partial charge in [0.15, 0.2) is 0 Å².